The summed E-state index contributed by atoms with van der Waals surface area (Å²) in [6.45, 7) is 5.32. The molecule has 5 heteroatoms. The molecule has 1 heterocycles. The molecule has 1 rings (SSSR count). The Morgan fingerprint density at radius 1 is 1.60 bits per heavy atom. The molecule has 0 spiro atoms. The van der Waals surface area contributed by atoms with Crippen molar-refractivity contribution in [2.24, 2.45) is 5.92 Å². The van der Waals surface area contributed by atoms with E-state index in [1.165, 1.54) is 0 Å². The second-order valence-corrected chi connectivity index (χ2v) is 4.69. The number of hydrogen-bond acceptors (Lipinski definition) is 2. The van der Waals surface area contributed by atoms with Crippen molar-refractivity contribution in [1.82, 2.24) is 15.1 Å². The maximum atomic E-state index is 11.5. The Labute approximate surface area is 98.2 Å². The molecule has 1 aromatic heterocycles. The first-order chi connectivity index (χ1) is 7.11. The number of carbonyl (C=O) groups excluding carboxylic acids is 1. The zero-order valence-electron chi connectivity index (χ0n) is 8.98. The van der Waals surface area contributed by atoms with Gasteiger partial charge in [-0.25, -0.2) is 0 Å². The molecule has 0 saturated heterocycles. The summed E-state index contributed by atoms with van der Waals surface area (Å²) in [7, 11) is 0. The number of rotatable bonds is 5. The third-order valence-electron chi connectivity index (χ3n) is 2.04. The SMILES string of the molecule is CC(C)C(Br)C(=O)NCCn1cccn1. The van der Waals surface area contributed by atoms with E-state index in [9.17, 15) is 4.79 Å². The van der Waals surface area contributed by atoms with Gasteiger partial charge >= 0.3 is 0 Å². The van der Waals surface area contributed by atoms with E-state index in [1.807, 2.05) is 26.1 Å². The summed E-state index contributed by atoms with van der Waals surface area (Å²) < 4.78 is 1.79. The van der Waals surface area contributed by atoms with Crippen molar-refractivity contribution < 1.29 is 4.79 Å². The molecule has 84 valence electrons. The second-order valence-electron chi connectivity index (χ2n) is 3.71. The minimum Gasteiger partial charge on any atom is -0.353 e. The van der Waals surface area contributed by atoms with Crippen LogP contribution in [0.4, 0.5) is 0 Å². The lowest BCUT2D eigenvalue weighted by Gasteiger charge is -2.13. The van der Waals surface area contributed by atoms with E-state index in [-0.39, 0.29) is 10.7 Å². The zero-order chi connectivity index (χ0) is 11.3. The van der Waals surface area contributed by atoms with Gasteiger partial charge in [-0.1, -0.05) is 29.8 Å². The molecule has 0 aliphatic heterocycles. The van der Waals surface area contributed by atoms with Gasteiger partial charge in [-0.05, 0) is 12.0 Å². The van der Waals surface area contributed by atoms with E-state index in [2.05, 4.69) is 26.3 Å². The van der Waals surface area contributed by atoms with Gasteiger partial charge in [-0.3, -0.25) is 9.48 Å². The first kappa shape index (κ1) is 12.2. The van der Waals surface area contributed by atoms with Gasteiger partial charge in [-0.15, -0.1) is 0 Å². The van der Waals surface area contributed by atoms with E-state index in [1.54, 1.807) is 10.9 Å². The topological polar surface area (TPSA) is 46.9 Å². The van der Waals surface area contributed by atoms with Gasteiger partial charge in [0.15, 0.2) is 0 Å². The van der Waals surface area contributed by atoms with Gasteiger partial charge in [0, 0.05) is 18.9 Å². The van der Waals surface area contributed by atoms with Crippen molar-refractivity contribution in [2.75, 3.05) is 6.54 Å². The molecule has 0 fully saturated rings. The van der Waals surface area contributed by atoms with Gasteiger partial charge in [0.2, 0.25) is 5.91 Å². The van der Waals surface area contributed by atoms with Gasteiger partial charge in [0.25, 0.3) is 0 Å². The summed E-state index contributed by atoms with van der Waals surface area (Å²) in [5.74, 6) is 0.340. The molecule has 15 heavy (non-hydrogen) atoms. The predicted octanol–water partition coefficient (Wildman–Crippen LogP) is 1.42. The fourth-order valence-electron chi connectivity index (χ4n) is 1.13. The number of nitrogens with one attached hydrogen (secondary N) is 1. The van der Waals surface area contributed by atoms with Crippen molar-refractivity contribution in [3.8, 4) is 0 Å². The Kier molecular flexibility index (Phi) is 4.81. The largest absolute Gasteiger partial charge is 0.353 e. The molecule has 1 amide bonds. The van der Waals surface area contributed by atoms with E-state index in [0.29, 0.717) is 19.0 Å². The van der Waals surface area contributed by atoms with Crippen LogP contribution in [-0.2, 0) is 11.3 Å². The number of amides is 1. The molecule has 1 N–H and O–H groups in total. The van der Waals surface area contributed by atoms with Gasteiger partial charge in [-0.2, -0.15) is 5.10 Å². The molecular formula is C10H16BrN3O. The van der Waals surface area contributed by atoms with Crippen molar-refractivity contribution in [1.29, 1.82) is 0 Å². The standard InChI is InChI=1S/C10H16BrN3O/c1-8(2)9(11)10(15)12-5-7-14-6-3-4-13-14/h3-4,6,8-9H,5,7H2,1-2H3,(H,12,15). The highest BCUT2D eigenvalue weighted by Gasteiger charge is 2.17. The van der Waals surface area contributed by atoms with E-state index < -0.39 is 0 Å². The van der Waals surface area contributed by atoms with E-state index in [4.69, 9.17) is 0 Å². The van der Waals surface area contributed by atoms with Crippen molar-refractivity contribution >= 4 is 21.8 Å². The highest BCUT2D eigenvalue weighted by molar-refractivity contribution is 9.10. The van der Waals surface area contributed by atoms with Crippen LogP contribution in [0.5, 0.6) is 0 Å². The Morgan fingerprint density at radius 2 is 2.33 bits per heavy atom. The first-order valence-corrected chi connectivity index (χ1v) is 5.92. The summed E-state index contributed by atoms with van der Waals surface area (Å²) in [4.78, 5) is 11.4. The highest BCUT2D eigenvalue weighted by Crippen LogP contribution is 2.11. The molecule has 0 bridgehead atoms. The number of halogens is 1. The molecule has 0 saturated carbocycles. The minimum absolute atomic E-state index is 0.0390. The fraction of sp³-hybridized carbons (Fsp3) is 0.600. The van der Waals surface area contributed by atoms with Crippen LogP contribution in [0, 0.1) is 5.92 Å². The maximum Gasteiger partial charge on any atom is 0.234 e. The lowest BCUT2D eigenvalue weighted by Crippen LogP contribution is -2.35. The summed E-state index contributed by atoms with van der Waals surface area (Å²) >= 11 is 3.35. The number of aromatic nitrogens is 2. The monoisotopic (exact) mass is 273 g/mol. The molecule has 0 aromatic carbocycles. The fourth-order valence-corrected chi connectivity index (χ4v) is 1.29. The molecule has 4 nitrogen and oxygen atoms in total. The van der Waals surface area contributed by atoms with Crippen molar-refractivity contribution in [3.05, 3.63) is 18.5 Å². The Morgan fingerprint density at radius 3 is 2.87 bits per heavy atom. The number of carbonyl (C=O) groups is 1. The Bertz CT molecular complexity index is 298. The van der Waals surface area contributed by atoms with Gasteiger partial charge in [0.1, 0.15) is 0 Å². The third kappa shape index (κ3) is 4.03. The summed E-state index contributed by atoms with van der Waals surface area (Å²) in [5, 5.41) is 6.90. The van der Waals surface area contributed by atoms with Gasteiger partial charge < -0.3 is 5.32 Å². The van der Waals surface area contributed by atoms with Crippen LogP contribution in [0.3, 0.4) is 0 Å². The summed E-state index contributed by atoms with van der Waals surface area (Å²) in [5.41, 5.74) is 0. The zero-order valence-corrected chi connectivity index (χ0v) is 10.6. The Balaban J connectivity index is 2.23. The highest BCUT2D eigenvalue weighted by atomic mass is 79.9. The van der Waals surface area contributed by atoms with Crippen LogP contribution in [0.1, 0.15) is 13.8 Å². The van der Waals surface area contributed by atoms with Gasteiger partial charge in [0.05, 0.1) is 11.4 Å². The molecule has 0 aliphatic carbocycles. The summed E-state index contributed by atoms with van der Waals surface area (Å²) in [6.07, 6.45) is 3.60. The lowest BCUT2D eigenvalue weighted by atomic mass is 10.1. The average Bonchev–Trinajstić information content (AvgIpc) is 2.69. The lowest BCUT2D eigenvalue weighted by molar-refractivity contribution is -0.121. The third-order valence-corrected chi connectivity index (χ3v) is 3.51. The van der Waals surface area contributed by atoms with Crippen LogP contribution >= 0.6 is 15.9 Å². The molecule has 0 radical (unpaired) electrons. The average molecular weight is 274 g/mol. The number of nitrogens with zero attached hydrogens (tertiary/aromatic N) is 2. The molecule has 0 aliphatic rings. The van der Waals surface area contributed by atoms with Crippen LogP contribution in [0.25, 0.3) is 0 Å². The van der Waals surface area contributed by atoms with Crippen molar-refractivity contribution in [2.45, 2.75) is 25.2 Å². The van der Waals surface area contributed by atoms with Crippen LogP contribution in [0.15, 0.2) is 18.5 Å². The normalized spacial score (nSPS) is 12.8. The molecule has 1 atom stereocenters. The van der Waals surface area contributed by atoms with Crippen LogP contribution < -0.4 is 5.32 Å². The minimum atomic E-state index is -0.116. The maximum absolute atomic E-state index is 11.5. The van der Waals surface area contributed by atoms with E-state index in [0.717, 1.165) is 0 Å². The first-order valence-electron chi connectivity index (χ1n) is 5.00. The molecular weight excluding hydrogens is 258 g/mol. The van der Waals surface area contributed by atoms with Crippen LogP contribution in [-0.4, -0.2) is 27.1 Å². The quantitative estimate of drug-likeness (QED) is 0.825. The number of hydrogen-bond donors (Lipinski definition) is 1. The molecule has 1 unspecified atom stereocenters. The van der Waals surface area contributed by atoms with Crippen LogP contribution in [0.2, 0.25) is 0 Å². The second kappa shape index (κ2) is 5.90. The predicted molar refractivity (Wildman–Crippen MR) is 62.8 cm³/mol. The molecule has 1 aromatic rings. The summed E-state index contributed by atoms with van der Waals surface area (Å²) in [6, 6.07) is 1.86. The smallest absolute Gasteiger partial charge is 0.234 e. The van der Waals surface area contributed by atoms with Crippen molar-refractivity contribution in [3.63, 3.8) is 0 Å². The van der Waals surface area contributed by atoms with E-state index >= 15 is 0 Å². The number of alkyl halides is 1. The Hall–Kier alpha value is -0.840.